The molecule has 2 rings (SSSR count). The molecule has 92 valence electrons. The number of Topliss-reactive ketones (excluding diaryl/α,β-unsaturated/α-hetero) is 1. The van der Waals surface area contributed by atoms with Crippen molar-refractivity contribution in [2.24, 2.45) is 11.7 Å². The molecule has 1 fully saturated rings. The van der Waals surface area contributed by atoms with E-state index in [4.69, 9.17) is 5.73 Å². The molecule has 1 aromatic carbocycles. The molecule has 0 aliphatic heterocycles. The van der Waals surface area contributed by atoms with Crippen molar-refractivity contribution in [3.05, 3.63) is 33.4 Å². The van der Waals surface area contributed by atoms with Gasteiger partial charge in [-0.2, -0.15) is 0 Å². The predicted octanol–water partition coefficient (Wildman–Crippen LogP) is 2.92. The molecule has 3 heteroatoms. The highest BCUT2D eigenvalue weighted by atomic mass is 127. The van der Waals surface area contributed by atoms with Crippen LogP contribution >= 0.6 is 22.6 Å². The second-order valence-corrected chi connectivity index (χ2v) is 6.14. The van der Waals surface area contributed by atoms with E-state index in [0.717, 1.165) is 31.2 Å². The summed E-state index contributed by atoms with van der Waals surface area (Å²) in [6.45, 7) is 0. The second kappa shape index (κ2) is 5.96. The average molecular weight is 343 g/mol. The van der Waals surface area contributed by atoms with Gasteiger partial charge in [-0.3, -0.25) is 4.79 Å². The van der Waals surface area contributed by atoms with E-state index >= 15 is 0 Å². The molecule has 0 bridgehead atoms. The summed E-state index contributed by atoms with van der Waals surface area (Å²) in [7, 11) is 0. The summed E-state index contributed by atoms with van der Waals surface area (Å²) in [6.07, 6.45) is 4.64. The Bertz CT molecular complexity index is 388. The van der Waals surface area contributed by atoms with E-state index in [9.17, 15) is 4.79 Å². The molecule has 2 atom stereocenters. The Hall–Kier alpha value is -0.420. The molecular weight excluding hydrogens is 325 g/mol. The van der Waals surface area contributed by atoms with Crippen LogP contribution < -0.4 is 5.73 Å². The van der Waals surface area contributed by atoms with Crippen molar-refractivity contribution in [3.63, 3.8) is 0 Å². The average Bonchev–Trinajstić information content (AvgIpc) is 2.32. The first-order valence-electron chi connectivity index (χ1n) is 6.18. The minimum atomic E-state index is 0.193. The number of hydrogen-bond acceptors (Lipinski definition) is 2. The Morgan fingerprint density at radius 1 is 1.29 bits per heavy atom. The highest BCUT2D eigenvalue weighted by molar-refractivity contribution is 14.1. The number of hydrogen-bond donors (Lipinski definition) is 1. The van der Waals surface area contributed by atoms with E-state index in [1.807, 2.05) is 12.1 Å². The summed E-state index contributed by atoms with van der Waals surface area (Å²) < 4.78 is 1.21. The first kappa shape index (κ1) is 13.0. The van der Waals surface area contributed by atoms with Crippen LogP contribution in [0.4, 0.5) is 0 Å². The van der Waals surface area contributed by atoms with Crippen LogP contribution in [-0.4, -0.2) is 11.8 Å². The largest absolute Gasteiger partial charge is 0.328 e. The fourth-order valence-corrected chi connectivity index (χ4v) is 2.83. The summed E-state index contributed by atoms with van der Waals surface area (Å²) >= 11 is 2.27. The minimum Gasteiger partial charge on any atom is -0.328 e. The summed E-state index contributed by atoms with van der Waals surface area (Å²) in [6, 6.07) is 8.42. The van der Waals surface area contributed by atoms with Gasteiger partial charge in [0.15, 0.2) is 0 Å². The Morgan fingerprint density at radius 3 is 2.65 bits per heavy atom. The molecule has 0 aromatic heterocycles. The lowest BCUT2D eigenvalue weighted by atomic mass is 9.82. The van der Waals surface area contributed by atoms with E-state index in [-0.39, 0.29) is 12.0 Å². The summed E-state index contributed by atoms with van der Waals surface area (Å²) in [4.78, 5) is 12.1. The standard InChI is InChI=1S/C14H18INO/c15-12-6-4-10(5-7-12)8-14(17)11-2-1-3-13(16)9-11/h4-7,11,13H,1-3,8-9,16H2. The second-order valence-electron chi connectivity index (χ2n) is 4.89. The van der Waals surface area contributed by atoms with Crippen molar-refractivity contribution in [3.8, 4) is 0 Å². The van der Waals surface area contributed by atoms with Crippen molar-refractivity contribution in [2.75, 3.05) is 0 Å². The number of carbonyl (C=O) groups is 1. The van der Waals surface area contributed by atoms with Crippen LogP contribution in [-0.2, 0) is 11.2 Å². The smallest absolute Gasteiger partial charge is 0.140 e. The first-order chi connectivity index (χ1) is 8.15. The molecule has 2 nitrogen and oxygen atoms in total. The van der Waals surface area contributed by atoms with Gasteiger partial charge in [0, 0.05) is 22.0 Å². The molecule has 1 saturated carbocycles. The maximum Gasteiger partial charge on any atom is 0.140 e. The van der Waals surface area contributed by atoms with Crippen LogP contribution in [0.25, 0.3) is 0 Å². The molecule has 2 unspecified atom stereocenters. The molecule has 0 spiro atoms. The number of rotatable bonds is 3. The van der Waals surface area contributed by atoms with Gasteiger partial charge >= 0.3 is 0 Å². The minimum absolute atomic E-state index is 0.193. The van der Waals surface area contributed by atoms with E-state index in [1.54, 1.807) is 0 Å². The summed E-state index contributed by atoms with van der Waals surface area (Å²) in [5.41, 5.74) is 7.04. The van der Waals surface area contributed by atoms with Crippen molar-refractivity contribution in [1.29, 1.82) is 0 Å². The SMILES string of the molecule is NC1CCCC(C(=O)Cc2ccc(I)cc2)C1. The van der Waals surface area contributed by atoms with Crippen LogP contribution in [0.3, 0.4) is 0 Å². The zero-order valence-corrected chi connectivity index (χ0v) is 12.0. The quantitative estimate of drug-likeness (QED) is 0.858. The summed E-state index contributed by atoms with van der Waals surface area (Å²) in [5.74, 6) is 0.555. The van der Waals surface area contributed by atoms with Gasteiger partial charge in [-0.15, -0.1) is 0 Å². The molecule has 17 heavy (non-hydrogen) atoms. The normalized spacial score (nSPS) is 24.6. The van der Waals surface area contributed by atoms with Crippen LogP contribution in [0, 0.1) is 9.49 Å². The van der Waals surface area contributed by atoms with Crippen molar-refractivity contribution in [2.45, 2.75) is 38.1 Å². The lowest BCUT2D eigenvalue weighted by Crippen LogP contribution is -2.32. The number of ketones is 1. The first-order valence-corrected chi connectivity index (χ1v) is 7.26. The summed E-state index contributed by atoms with van der Waals surface area (Å²) in [5, 5.41) is 0. The van der Waals surface area contributed by atoms with Crippen LogP contribution in [0.5, 0.6) is 0 Å². The molecule has 0 amide bonds. The number of benzene rings is 1. The third kappa shape index (κ3) is 3.78. The zero-order chi connectivity index (χ0) is 12.3. The van der Waals surface area contributed by atoms with Gasteiger partial charge in [-0.25, -0.2) is 0 Å². The molecule has 1 aromatic rings. The van der Waals surface area contributed by atoms with E-state index < -0.39 is 0 Å². The van der Waals surface area contributed by atoms with Crippen LogP contribution in [0.1, 0.15) is 31.2 Å². The number of carbonyl (C=O) groups excluding carboxylic acids is 1. The van der Waals surface area contributed by atoms with Gasteiger partial charge in [0.1, 0.15) is 5.78 Å². The fraction of sp³-hybridized carbons (Fsp3) is 0.500. The Balaban J connectivity index is 1.94. The van der Waals surface area contributed by atoms with E-state index in [0.29, 0.717) is 12.2 Å². The van der Waals surface area contributed by atoms with Gasteiger partial charge in [-0.1, -0.05) is 18.6 Å². The van der Waals surface area contributed by atoms with E-state index in [1.165, 1.54) is 3.57 Å². The maximum atomic E-state index is 12.1. The lowest BCUT2D eigenvalue weighted by Gasteiger charge is -2.25. The lowest BCUT2D eigenvalue weighted by molar-refractivity contribution is -0.123. The molecule has 0 radical (unpaired) electrons. The van der Waals surface area contributed by atoms with Crippen LogP contribution in [0.15, 0.2) is 24.3 Å². The highest BCUT2D eigenvalue weighted by Gasteiger charge is 2.24. The third-order valence-corrected chi connectivity index (χ3v) is 4.18. The van der Waals surface area contributed by atoms with Gasteiger partial charge in [-0.05, 0) is 59.5 Å². The fourth-order valence-electron chi connectivity index (χ4n) is 2.47. The maximum absolute atomic E-state index is 12.1. The third-order valence-electron chi connectivity index (χ3n) is 3.46. The van der Waals surface area contributed by atoms with Crippen molar-refractivity contribution < 1.29 is 4.79 Å². The molecule has 0 saturated heterocycles. The Labute approximate surface area is 116 Å². The van der Waals surface area contributed by atoms with Gasteiger partial charge in [0.05, 0.1) is 0 Å². The van der Waals surface area contributed by atoms with E-state index in [2.05, 4.69) is 34.7 Å². The monoisotopic (exact) mass is 343 g/mol. The van der Waals surface area contributed by atoms with Crippen molar-refractivity contribution >= 4 is 28.4 Å². The molecule has 0 heterocycles. The molecule has 2 N–H and O–H groups in total. The molecule has 1 aliphatic rings. The van der Waals surface area contributed by atoms with Gasteiger partial charge in [0.2, 0.25) is 0 Å². The topological polar surface area (TPSA) is 43.1 Å². The Kier molecular flexibility index (Phi) is 4.56. The molecular formula is C14H18INO. The number of halogens is 1. The van der Waals surface area contributed by atoms with Crippen molar-refractivity contribution in [1.82, 2.24) is 0 Å². The Morgan fingerprint density at radius 2 is 2.00 bits per heavy atom. The number of nitrogens with two attached hydrogens (primary N) is 1. The van der Waals surface area contributed by atoms with Gasteiger partial charge in [0.25, 0.3) is 0 Å². The van der Waals surface area contributed by atoms with Gasteiger partial charge < -0.3 is 5.73 Å². The zero-order valence-electron chi connectivity index (χ0n) is 9.86. The predicted molar refractivity (Wildman–Crippen MR) is 77.8 cm³/mol. The highest BCUT2D eigenvalue weighted by Crippen LogP contribution is 2.25. The van der Waals surface area contributed by atoms with Crippen LogP contribution in [0.2, 0.25) is 0 Å². The molecule has 1 aliphatic carbocycles.